The van der Waals surface area contributed by atoms with E-state index in [1.165, 1.54) is 35.0 Å². The van der Waals surface area contributed by atoms with Crippen LogP contribution in [0, 0.1) is 0 Å². The number of thiazole rings is 1. The number of aromatic nitrogens is 1. The van der Waals surface area contributed by atoms with Crippen LogP contribution in [0.1, 0.15) is 29.3 Å². The SMILES string of the molecule is CNCC1CCCc2sc(N3CCOCC3)nc21. The van der Waals surface area contributed by atoms with E-state index in [4.69, 9.17) is 9.72 Å². The van der Waals surface area contributed by atoms with Crippen molar-refractivity contribution in [3.05, 3.63) is 10.6 Å². The minimum absolute atomic E-state index is 0.616. The van der Waals surface area contributed by atoms with Crippen molar-refractivity contribution in [2.24, 2.45) is 0 Å². The van der Waals surface area contributed by atoms with E-state index in [0.717, 1.165) is 32.8 Å². The van der Waals surface area contributed by atoms with E-state index in [2.05, 4.69) is 10.2 Å². The molecule has 3 rings (SSSR count). The summed E-state index contributed by atoms with van der Waals surface area (Å²) in [6.45, 7) is 4.71. The normalized spacial score (nSPS) is 24.1. The minimum Gasteiger partial charge on any atom is -0.378 e. The molecule has 0 bridgehead atoms. The van der Waals surface area contributed by atoms with E-state index in [0.29, 0.717) is 5.92 Å². The Hall–Kier alpha value is -0.650. The van der Waals surface area contributed by atoms with Crippen molar-refractivity contribution in [1.29, 1.82) is 0 Å². The van der Waals surface area contributed by atoms with Gasteiger partial charge >= 0.3 is 0 Å². The third kappa shape index (κ3) is 2.39. The summed E-state index contributed by atoms with van der Waals surface area (Å²) in [5, 5.41) is 4.51. The molecule has 1 saturated heterocycles. The molecule has 18 heavy (non-hydrogen) atoms. The third-order valence-corrected chi connectivity index (χ3v) is 4.98. The van der Waals surface area contributed by atoms with Gasteiger partial charge in [-0.15, -0.1) is 11.3 Å². The van der Waals surface area contributed by atoms with Crippen LogP contribution < -0.4 is 10.2 Å². The molecule has 1 aliphatic heterocycles. The molecule has 1 aromatic heterocycles. The first kappa shape index (κ1) is 12.4. The highest BCUT2D eigenvalue weighted by molar-refractivity contribution is 7.15. The summed E-state index contributed by atoms with van der Waals surface area (Å²) in [4.78, 5) is 8.82. The topological polar surface area (TPSA) is 37.4 Å². The summed E-state index contributed by atoms with van der Waals surface area (Å²) in [6, 6.07) is 0. The molecule has 0 spiro atoms. The fraction of sp³-hybridized carbons (Fsp3) is 0.769. The molecule has 1 fully saturated rings. The molecule has 1 N–H and O–H groups in total. The number of fused-ring (bicyclic) bond motifs is 1. The smallest absolute Gasteiger partial charge is 0.185 e. The van der Waals surface area contributed by atoms with Crippen LogP contribution in [-0.2, 0) is 11.2 Å². The van der Waals surface area contributed by atoms with Gasteiger partial charge in [0.2, 0.25) is 0 Å². The summed E-state index contributed by atoms with van der Waals surface area (Å²) in [6.07, 6.45) is 3.81. The lowest BCUT2D eigenvalue weighted by molar-refractivity contribution is 0.122. The predicted molar refractivity (Wildman–Crippen MR) is 74.8 cm³/mol. The molecule has 1 atom stereocenters. The Balaban J connectivity index is 1.81. The Morgan fingerprint density at radius 3 is 3.06 bits per heavy atom. The fourth-order valence-electron chi connectivity index (χ4n) is 2.83. The van der Waals surface area contributed by atoms with Crippen LogP contribution in [0.4, 0.5) is 5.13 Å². The molecule has 0 saturated carbocycles. The molecule has 2 aliphatic rings. The first-order chi connectivity index (χ1) is 8.88. The van der Waals surface area contributed by atoms with Crippen molar-refractivity contribution < 1.29 is 4.74 Å². The lowest BCUT2D eigenvalue weighted by atomic mass is 9.91. The number of nitrogens with one attached hydrogen (secondary N) is 1. The van der Waals surface area contributed by atoms with Gasteiger partial charge in [0.25, 0.3) is 0 Å². The van der Waals surface area contributed by atoms with Gasteiger partial charge in [0, 0.05) is 30.4 Å². The van der Waals surface area contributed by atoms with Crippen LogP contribution in [-0.4, -0.2) is 44.9 Å². The lowest BCUT2D eigenvalue weighted by Gasteiger charge is -2.26. The Labute approximate surface area is 112 Å². The first-order valence-electron chi connectivity index (χ1n) is 6.85. The largest absolute Gasteiger partial charge is 0.378 e. The van der Waals surface area contributed by atoms with Crippen LogP contribution in [0.25, 0.3) is 0 Å². The predicted octanol–water partition coefficient (Wildman–Crippen LogP) is 1.62. The number of hydrogen-bond acceptors (Lipinski definition) is 5. The monoisotopic (exact) mass is 267 g/mol. The van der Waals surface area contributed by atoms with Gasteiger partial charge in [-0.3, -0.25) is 0 Å². The molecule has 1 unspecified atom stereocenters. The van der Waals surface area contributed by atoms with E-state index in [9.17, 15) is 0 Å². The number of aryl methyl sites for hydroxylation is 1. The van der Waals surface area contributed by atoms with Crippen LogP contribution in [0.5, 0.6) is 0 Å². The highest BCUT2D eigenvalue weighted by Gasteiger charge is 2.26. The Kier molecular flexibility index (Phi) is 3.82. The summed E-state index contributed by atoms with van der Waals surface area (Å²) in [7, 11) is 2.03. The Morgan fingerprint density at radius 2 is 2.28 bits per heavy atom. The second kappa shape index (κ2) is 5.55. The standard InChI is InChI=1S/C13H21N3OS/c1-14-9-10-3-2-4-11-12(10)15-13(18-11)16-5-7-17-8-6-16/h10,14H,2-9H2,1H3. The second-order valence-electron chi connectivity index (χ2n) is 5.05. The van der Waals surface area contributed by atoms with Crippen molar-refractivity contribution in [2.75, 3.05) is 44.8 Å². The first-order valence-corrected chi connectivity index (χ1v) is 7.67. The maximum Gasteiger partial charge on any atom is 0.185 e. The van der Waals surface area contributed by atoms with Crippen molar-refractivity contribution in [2.45, 2.75) is 25.2 Å². The maximum atomic E-state index is 5.41. The van der Waals surface area contributed by atoms with E-state index >= 15 is 0 Å². The van der Waals surface area contributed by atoms with Crippen LogP contribution in [0.3, 0.4) is 0 Å². The van der Waals surface area contributed by atoms with Gasteiger partial charge in [0.1, 0.15) is 0 Å². The summed E-state index contributed by atoms with van der Waals surface area (Å²) in [5.74, 6) is 0.616. The van der Waals surface area contributed by atoms with Crippen LogP contribution in [0.15, 0.2) is 0 Å². The molecule has 100 valence electrons. The highest BCUT2D eigenvalue weighted by atomic mass is 32.1. The number of anilines is 1. The van der Waals surface area contributed by atoms with Gasteiger partial charge in [-0.25, -0.2) is 4.98 Å². The molecule has 0 amide bonds. The number of rotatable bonds is 3. The average molecular weight is 267 g/mol. The lowest BCUT2D eigenvalue weighted by Crippen LogP contribution is -2.36. The van der Waals surface area contributed by atoms with E-state index in [1.807, 2.05) is 18.4 Å². The third-order valence-electron chi connectivity index (χ3n) is 3.79. The molecule has 4 nitrogen and oxygen atoms in total. The van der Waals surface area contributed by atoms with Crippen molar-refractivity contribution in [3.63, 3.8) is 0 Å². The molecule has 2 heterocycles. The number of likely N-dealkylation sites (N-methyl/N-ethyl adjacent to an activating group) is 1. The van der Waals surface area contributed by atoms with Crippen molar-refractivity contribution >= 4 is 16.5 Å². The highest BCUT2D eigenvalue weighted by Crippen LogP contribution is 2.37. The van der Waals surface area contributed by atoms with Crippen LogP contribution in [0.2, 0.25) is 0 Å². The fourth-order valence-corrected chi connectivity index (χ4v) is 4.07. The van der Waals surface area contributed by atoms with Gasteiger partial charge in [0.05, 0.1) is 18.9 Å². The molecule has 5 heteroatoms. The summed E-state index contributed by atoms with van der Waals surface area (Å²) >= 11 is 1.90. The second-order valence-corrected chi connectivity index (χ2v) is 6.11. The van der Waals surface area contributed by atoms with E-state index in [1.54, 1.807) is 0 Å². The van der Waals surface area contributed by atoms with E-state index < -0.39 is 0 Å². The number of nitrogens with zero attached hydrogens (tertiary/aromatic N) is 2. The van der Waals surface area contributed by atoms with Gasteiger partial charge in [-0.05, 0) is 26.3 Å². The number of ether oxygens (including phenoxy) is 1. The summed E-state index contributed by atoms with van der Waals surface area (Å²) < 4.78 is 5.41. The van der Waals surface area contributed by atoms with Gasteiger partial charge in [0.15, 0.2) is 5.13 Å². The zero-order chi connectivity index (χ0) is 12.4. The number of hydrogen-bond donors (Lipinski definition) is 1. The molecule has 1 aliphatic carbocycles. The van der Waals surface area contributed by atoms with Crippen molar-refractivity contribution in [3.8, 4) is 0 Å². The van der Waals surface area contributed by atoms with Gasteiger partial charge < -0.3 is 15.0 Å². The molecular formula is C13H21N3OS. The zero-order valence-corrected chi connectivity index (χ0v) is 11.8. The maximum absolute atomic E-state index is 5.41. The Morgan fingerprint density at radius 1 is 1.44 bits per heavy atom. The van der Waals surface area contributed by atoms with Gasteiger partial charge in [-0.1, -0.05) is 0 Å². The van der Waals surface area contributed by atoms with Crippen LogP contribution >= 0.6 is 11.3 Å². The average Bonchev–Trinajstić information content (AvgIpc) is 2.85. The molecule has 1 aromatic rings. The zero-order valence-electron chi connectivity index (χ0n) is 10.9. The minimum atomic E-state index is 0.616. The Bertz CT molecular complexity index is 401. The summed E-state index contributed by atoms with van der Waals surface area (Å²) in [5.41, 5.74) is 1.36. The molecule has 0 radical (unpaired) electrons. The quantitative estimate of drug-likeness (QED) is 0.903. The number of morpholine rings is 1. The van der Waals surface area contributed by atoms with Crippen molar-refractivity contribution in [1.82, 2.24) is 10.3 Å². The van der Waals surface area contributed by atoms with Gasteiger partial charge in [-0.2, -0.15) is 0 Å². The molecule has 0 aromatic carbocycles. The van der Waals surface area contributed by atoms with E-state index in [-0.39, 0.29) is 0 Å². The molecular weight excluding hydrogens is 246 g/mol.